The van der Waals surface area contributed by atoms with Gasteiger partial charge in [0.2, 0.25) is 0 Å². The molecule has 3 N–H and O–H groups in total. The summed E-state index contributed by atoms with van der Waals surface area (Å²) in [7, 11) is -2.42. The monoisotopic (exact) mass is 331 g/mol. The summed E-state index contributed by atoms with van der Waals surface area (Å²) in [5, 5.41) is 20.2. The average molecular weight is 331 g/mol. The van der Waals surface area contributed by atoms with Crippen LogP contribution >= 0.6 is 11.3 Å². The topological polar surface area (TPSA) is 130 Å². The number of nitro groups is 1. The Balaban J connectivity index is 2.43. The first kappa shape index (κ1) is 15.3. The molecule has 114 valence electrons. The normalized spacial score (nSPS) is 11.4. The standard InChI is InChI=1S/C10H13N5O4S2/c1-5-9(6(2)13-12-5)14-21(18,19)8-4-7(15(16)17)10(11-3)20-8/h4,11,14H,1-3H3,(H,12,13). The molecular formula is C10H13N5O4S2. The molecule has 0 amide bonds. The van der Waals surface area contributed by atoms with E-state index in [0.717, 1.165) is 17.4 Å². The highest BCUT2D eigenvalue weighted by Crippen LogP contribution is 2.37. The molecule has 0 radical (unpaired) electrons. The van der Waals surface area contributed by atoms with Crippen LogP contribution < -0.4 is 10.0 Å². The molecule has 0 aliphatic carbocycles. The molecule has 9 nitrogen and oxygen atoms in total. The second-order valence-corrected chi connectivity index (χ2v) is 7.16. The van der Waals surface area contributed by atoms with Gasteiger partial charge in [-0.05, 0) is 13.8 Å². The van der Waals surface area contributed by atoms with E-state index in [-0.39, 0.29) is 14.9 Å². The van der Waals surface area contributed by atoms with Crippen LogP contribution in [0.15, 0.2) is 10.3 Å². The van der Waals surface area contributed by atoms with Crippen LogP contribution in [0.5, 0.6) is 0 Å². The number of anilines is 2. The molecule has 0 bridgehead atoms. The fourth-order valence-electron chi connectivity index (χ4n) is 1.69. The third kappa shape index (κ3) is 2.83. The molecule has 0 saturated heterocycles. The van der Waals surface area contributed by atoms with Gasteiger partial charge in [0.25, 0.3) is 10.0 Å². The van der Waals surface area contributed by atoms with Crippen molar-refractivity contribution in [3.05, 3.63) is 27.6 Å². The molecule has 0 unspecified atom stereocenters. The largest absolute Gasteiger partial charge is 0.374 e. The first-order chi connectivity index (χ1) is 9.76. The van der Waals surface area contributed by atoms with Crippen molar-refractivity contribution in [1.29, 1.82) is 0 Å². The van der Waals surface area contributed by atoms with E-state index in [1.165, 1.54) is 7.05 Å². The second kappa shape index (κ2) is 5.33. The Morgan fingerprint density at radius 3 is 2.52 bits per heavy atom. The smallest absolute Gasteiger partial charge is 0.304 e. The van der Waals surface area contributed by atoms with E-state index < -0.39 is 14.9 Å². The highest BCUT2D eigenvalue weighted by molar-refractivity contribution is 7.94. The first-order valence-electron chi connectivity index (χ1n) is 5.76. The lowest BCUT2D eigenvalue weighted by Gasteiger charge is -2.05. The summed E-state index contributed by atoms with van der Waals surface area (Å²) in [4.78, 5) is 10.3. The van der Waals surface area contributed by atoms with Gasteiger partial charge in [-0.2, -0.15) is 5.10 Å². The highest BCUT2D eigenvalue weighted by Gasteiger charge is 2.26. The molecule has 0 spiro atoms. The van der Waals surface area contributed by atoms with Crippen molar-refractivity contribution in [3.8, 4) is 0 Å². The number of aryl methyl sites for hydroxylation is 2. The van der Waals surface area contributed by atoms with Crippen LogP contribution in [0.4, 0.5) is 16.4 Å². The van der Waals surface area contributed by atoms with Gasteiger partial charge in [0.1, 0.15) is 4.21 Å². The Bertz CT molecular complexity index is 773. The van der Waals surface area contributed by atoms with Crippen molar-refractivity contribution in [3.63, 3.8) is 0 Å². The quantitative estimate of drug-likeness (QED) is 0.566. The van der Waals surface area contributed by atoms with E-state index in [4.69, 9.17) is 0 Å². The number of thiophene rings is 1. The zero-order valence-electron chi connectivity index (χ0n) is 11.4. The summed E-state index contributed by atoms with van der Waals surface area (Å²) in [6.45, 7) is 3.32. The molecule has 2 aromatic heterocycles. The third-order valence-electron chi connectivity index (χ3n) is 2.74. The maximum absolute atomic E-state index is 12.3. The Morgan fingerprint density at radius 2 is 2.10 bits per heavy atom. The molecular weight excluding hydrogens is 318 g/mol. The van der Waals surface area contributed by atoms with Crippen molar-refractivity contribution >= 4 is 37.7 Å². The predicted molar refractivity (Wildman–Crippen MR) is 79.4 cm³/mol. The molecule has 0 saturated carbocycles. The van der Waals surface area contributed by atoms with E-state index in [2.05, 4.69) is 20.2 Å². The molecule has 0 aromatic carbocycles. The minimum atomic E-state index is -3.91. The van der Waals surface area contributed by atoms with Crippen LogP contribution in [-0.4, -0.2) is 30.6 Å². The molecule has 2 aromatic rings. The number of sulfonamides is 1. The van der Waals surface area contributed by atoms with Crippen molar-refractivity contribution < 1.29 is 13.3 Å². The summed E-state index contributed by atoms with van der Waals surface area (Å²) < 4.78 is 26.9. The van der Waals surface area contributed by atoms with Crippen molar-refractivity contribution in [2.75, 3.05) is 17.1 Å². The number of hydrogen-bond donors (Lipinski definition) is 3. The van der Waals surface area contributed by atoms with Crippen LogP contribution in [0, 0.1) is 24.0 Å². The molecule has 0 atom stereocenters. The minimum Gasteiger partial charge on any atom is -0.374 e. The van der Waals surface area contributed by atoms with Crippen LogP contribution in [0.1, 0.15) is 11.4 Å². The Kier molecular flexibility index (Phi) is 3.87. The van der Waals surface area contributed by atoms with E-state index >= 15 is 0 Å². The Labute approximate surface area is 124 Å². The fourth-order valence-corrected chi connectivity index (χ4v) is 4.16. The predicted octanol–water partition coefficient (Wildman–Crippen LogP) is 1.84. The summed E-state index contributed by atoms with van der Waals surface area (Å²) >= 11 is 0.794. The molecule has 2 rings (SSSR count). The lowest BCUT2D eigenvalue weighted by Crippen LogP contribution is -2.12. The van der Waals surface area contributed by atoms with Gasteiger partial charge in [-0.15, -0.1) is 0 Å². The highest BCUT2D eigenvalue weighted by atomic mass is 32.2. The summed E-state index contributed by atoms with van der Waals surface area (Å²) in [6, 6.07) is 1.03. The molecule has 0 aliphatic rings. The molecule has 2 heterocycles. The maximum Gasteiger partial charge on any atom is 0.304 e. The van der Waals surface area contributed by atoms with Gasteiger partial charge < -0.3 is 5.32 Å². The number of nitrogens with zero attached hydrogens (tertiary/aromatic N) is 2. The van der Waals surface area contributed by atoms with Gasteiger partial charge in [-0.25, -0.2) is 8.42 Å². The van der Waals surface area contributed by atoms with Crippen LogP contribution in [-0.2, 0) is 10.0 Å². The SMILES string of the molecule is CNc1sc(S(=O)(=O)Nc2c(C)n[nH]c2C)cc1[N+](=O)[O-]. The minimum absolute atomic E-state index is 0.140. The second-order valence-electron chi connectivity index (χ2n) is 4.20. The molecule has 0 aliphatic heterocycles. The van der Waals surface area contributed by atoms with E-state index in [0.29, 0.717) is 17.1 Å². The molecule has 11 heteroatoms. The summed E-state index contributed by atoms with van der Waals surface area (Å²) in [5.41, 5.74) is 1.13. The van der Waals surface area contributed by atoms with Crippen molar-refractivity contribution in [2.45, 2.75) is 18.1 Å². The zero-order valence-corrected chi connectivity index (χ0v) is 13.1. The van der Waals surface area contributed by atoms with Crippen LogP contribution in [0.2, 0.25) is 0 Å². The summed E-state index contributed by atoms with van der Waals surface area (Å²) in [6.07, 6.45) is 0. The Morgan fingerprint density at radius 1 is 1.43 bits per heavy atom. The van der Waals surface area contributed by atoms with Gasteiger partial charge >= 0.3 is 5.69 Å². The number of H-pyrrole nitrogens is 1. The summed E-state index contributed by atoms with van der Waals surface area (Å²) in [5.74, 6) is 0. The maximum atomic E-state index is 12.3. The number of aromatic amines is 1. The third-order valence-corrected chi connectivity index (χ3v) is 5.71. The average Bonchev–Trinajstić information content (AvgIpc) is 2.97. The number of nitrogens with one attached hydrogen (secondary N) is 3. The number of hydrogen-bond acceptors (Lipinski definition) is 7. The van der Waals surface area contributed by atoms with Crippen LogP contribution in [0.3, 0.4) is 0 Å². The lowest BCUT2D eigenvalue weighted by molar-refractivity contribution is -0.383. The van der Waals surface area contributed by atoms with Gasteiger partial charge in [0, 0.05) is 13.1 Å². The van der Waals surface area contributed by atoms with Gasteiger partial charge in [-0.3, -0.25) is 19.9 Å². The first-order valence-corrected chi connectivity index (χ1v) is 8.06. The van der Waals surface area contributed by atoms with Gasteiger partial charge in [-0.1, -0.05) is 11.3 Å². The van der Waals surface area contributed by atoms with Crippen molar-refractivity contribution in [2.24, 2.45) is 0 Å². The van der Waals surface area contributed by atoms with Gasteiger partial charge in [0.05, 0.1) is 22.0 Å². The zero-order chi connectivity index (χ0) is 15.8. The van der Waals surface area contributed by atoms with E-state index in [1.54, 1.807) is 13.8 Å². The fraction of sp³-hybridized carbons (Fsp3) is 0.300. The van der Waals surface area contributed by atoms with Crippen LogP contribution in [0.25, 0.3) is 0 Å². The van der Waals surface area contributed by atoms with Gasteiger partial charge in [0.15, 0.2) is 5.00 Å². The molecule has 21 heavy (non-hydrogen) atoms. The number of aromatic nitrogens is 2. The molecule has 0 fully saturated rings. The number of rotatable bonds is 5. The van der Waals surface area contributed by atoms with Crippen molar-refractivity contribution in [1.82, 2.24) is 10.2 Å². The van der Waals surface area contributed by atoms with E-state index in [9.17, 15) is 18.5 Å². The lowest BCUT2D eigenvalue weighted by atomic mass is 10.3. The van der Waals surface area contributed by atoms with E-state index in [1.807, 2.05) is 0 Å². The Hall–Kier alpha value is -2.14.